The van der Waals surface area contributed by atoms with E-state index in [0.29, 0.717) is 41.5 Å². The molecule has 3 aromatic rings. The molecule has 0 radical (unpaired) electrons. The van der Waals surface area contributed by atoms with E-state index in [-0.39, 0.29) is 12.1 Å². The van der Waals surface area contributed by atoms with Gasteiger partial charge in [-0.25, -0.2) is 9.78 Å². The van der Waals surface area contributed by atoms with E-state index >= 15 is 0 Å². The van der Waals surface area contributed by atoms with Crippen molar-refractivity contribution in [3.8, 4) is 11.6 Å². The molecule has 6 nitrogen and oxygen atoms in total. The number of carbonyl (C=O) groups excluding carboxylic acids is 1. The molecule has 0 spiro atoms. The second kappa shape index (κ2) is 11.7. The molecular formula is C33H35ClN2O4. The van der Waals surface area contributed by atoms with Crippen LogP contribution in [0, 0.1) is 0 Å². The first-order valence-electron chi connectivity index (χ1n) is 14.3. The van der Waals surface area contributed by atoms with Crippen LogP contribution in [-0.2, 0) is 16.8 Å². The molecule has 0 unspecified atom stereocenters. The van der Waals surface area contributed by atoms with Crippen LogP contribution in [0.1, 0.15) is 72.0 Å². The Hall–Kier alpha value is -3.19. The number of allylic oxidation sites excluding steroid dienone is 1. The van der Waals surface area contributed by atoms with Gasteiger partial charge in [0.25, 0.3) is 0 Å². The highest BCUT2D eigenvalue weighted by molar-refractivity contribution is 6.30. The molecule has 1 aliphatic carbocycles. The quantitative estimate of drug-likeness (QED) is 0.330. The molecule has 1 saturated carbocycles. The van der Waals surface area contributed by atoms with Crippen molar-refractivity contribution < 1.29 is 19.4 Å². The molecular weight excluding hydrogens is 524 g/mol. The van der Waals surface area contributed by atoms with Crippen LogP contribution in [0.25, 0.3) is 5.57 Å². The molecule has 0 bridgehead atoms. The highest BCUT2D eigenvalue weighted by Crippen LogP contribution is 2.40. The van der Waals surface area contributed by atoms with Crippen molar-refractivity contribution in [1.29, 1.82) is 0 Å². The van der Waals surface area contributed by atoms with Crippen molar-refractivity contribution >= 4 is 23.1 Å². The zero-order valence-electron chi connectivity index (χ0n) is 22.7. The molecule has 40 heavy (non-hydrogen) atoms. The fourth-order valence-corrected chi connectivity index (χ4v) is 6.29. The normalized spacial score (nSPS) is 19.9. The van der Waals surface area contributed by atoms with Gasteiger partial charge in [-0.3, -0.25) is 0 Å². The van der Waals surface area contributed by atoms with E-state index in [2.05, 4.69) is 16.0 Å². The number of carbonyl (C=O) groups is 1. The first kappa shape index (κ1) is 27.0. The summed E-state index contributed by atoms with van der Waals surface area (Å²) in [5, 5.41) is 11.9. The minimum Gasteiger partial charge on any atom is -0.459 e. The Morgan fingerprint density at radius 3 is 2.65 bits per heavy atom. The summed E-state index contributed by atoms with van der Waals surface area (Å²) in [5.74, 6) is 0.939. The van der Waals surface area contributed by atoms with Crippen LogP contribution >= 0.6 is 11.6 Å². The predicted octanol–water partition coefficient (Wildman–Crippen LogP) is 6.94. The van der Waals surface area contributed by atoms with Gasteiger partial charge in [-0.05, 0) is 92.5 Å². The fraction of sp³-hybridized carbons (Fsp3) is 0.394. The SMILES string of the molecule is O=C(OC1CCCC1)c1cccc2c1CC(=CCCN1CCC(O)(c3ccc(Cl)cc3)CC1)c1cccnc1O2. The molecule has 3 aliphatic rings. The summed E-state index contributed by atoms with van der Waals surface area (Å²) >= 11 is 6.04. The first-order chi connectivity index (χ1) is 19.5. The van der Waals surface area contributed by atoms with Crippen LogP contribution in [0.15, 0.2) is 66.9 Å². The van der Waals surface area contributed by atoms with E-state index in [1.54, 1.807) is 6.20 Å². The van der Waals surface area contributed by atoms with Gasteiger partial charge in [0.05, 0.1) is 11.2 Å². The smallest absolute Gasteiger partial charge is 0.338 e. The Bertz CT molecular complexity index is 1390. The summed E-state index contributed by atoms with van der Waals surface area (Å²) in [6, 6.07) is 17.1. The minimum absolute atomic E-state index is 0.00539. The first-order valence-corrected chi connectivity index (χ1v) is 14.7. The number of hydrogen-bond donors (Lipinski definition) is 1. The number of piperidine rings is 1. The number of rotatable bonds is 6. The highest BCUT2D eigenvalue weighted by Gasteiger charge is 2.34. The van der Waals surface area contributed by atoms with Gasteiger partial charge in [0, 0.05) is 48.4 Å². The molecule has 2 aliphatic heterocycles. The number of benzene rings is 2. The largest absolute Gasteiger partial charge is 0.459 e. The standard InChI is InChI=1S/C33H35ClN2O4/c34-25-14-12-24(13-15-25)33(38)16-20-36(21-17-33)19-5-6-23-22-29-28(32(37)39-26-7-1-2-8-26)9-3-11-30(29)40-31-27(23)10-4-18-35-31/h3-4,6,9-15,18,26,38H,1-2,5,7-8,16-17,19-22H2. The maximum Gasteiger partial charge on any atom is 0.338 e. The zero-order chi connectivity index (χ0) is 27.5. The molecule has 208 valence electrons. The van der Waals surface area contributed by atoms with Gasteiger partial charge in [0.2, 0.25) is 5.88 Å². The van der Waals surface area contributed by atoms with E-state index in [1.165, 1.54) is 0 Å². The van der Waals surface area contributed by atoms with Crippen molar-refractivity contribution in [2.45, 2.75) is 63.1 Å². The number of aromatic nitrogens is 1. The molecule has 2 fully saturated rings. The topological polar surface area (TPSA) is 71.9 Å². The third kappa shape index (κ3) is 5.80. The molecule has 0 amide bonds. The fourth-order valence-electron chi connectivity index (χ4n) is 6.16. The summed E-state index contributed by atoms with van der Waals surface area (Å²) in [6.07, 6.45) is 10.9. The molecule has 0 atom stereocenters. The van der Waals surface area contributed by atoms with Crippen LogP contribution in [0.3, 0.4) is 0 Å². The van der Waals surface area contributed by atoms with Gasteiger partial charge in [-0.2, -0.15) is 0 Å². The van der Waals surface area contributed by atoms with Crippen molar-refractivity contribution in [3.05, 3.63) is 94.1 Å². The summed E-state index contributed by atoms with van der Waals surface area (Å²) in [6.45, 7) is 2.53. The average Bonchev–Trinajstić information content (AvgIpc) is 3.42. The molecule has 2 aromatic carbocycles. The number of ether oxygens (including phenoxy) is 2. The average molecular weight is 559 g/mol. The van der Waals surface area contributed by atoms with Gasteiger partial charge in [-0.15, -0.1) is 0 Å². The van der Waals surface area contributed by atoms with Gasteiger partial charge in [0.15, 0.2) is 0 Å². The molecule has 1 saturated heterocycles. The molecule has 1 N–H and O–H groups in total. The van der Waals surface area contributed by atoms with Gasteiger partial charge in [0.1, 0.15) is 11.9 Å². The van der Waals surface area contributed by atoms with Gasteiger partial charge < -0.3 is 19.5 Å². The van der Waals surface area contributed by atoms with E-state index in [1.807, 2.05) is 54.6 Å². The van der Waals surface area contributed by atoms with Crippen molar-refractivity contribution in [2.75, 3.05) is 19.6 Å². The molecule has 1 aromatic heterocycles. The van der Waals surface area contributed by atoms with Crippen LogP contribution in [0.4, 0.5) is 0 Å². The molecule has 3 heterocycles. The van der Waals surface area contributed by atoms with E-state index in [0.717, 1.165) is 74.0 Å². The van der Waals surface area contributed by atoms with E-state index in [9.17, 15) is 9.90 Å². The van der Waals surface area contributed by atoms with Crippen molar-refractivity contribution in [2.24, 2.45) is 0 Å². The zero-order valence-corrected chi connectivity index (χ0v) is 23.4. The van der Waals surface area contributed by atoms with Crippen LogP contribution in [-0.4, -0.2) is 46.7 Å². The molecule has 6 rings (SSSR count). The maximum atomic E-state index is 13.2. The van der Waals surface area contributed by atoms with E-state index < -0.39 is 5.60 Å². The van der Waals surface area contributed by atoms with Gasteiger partial charge >= 0.3 is 5.97 Å². The number of fused-ring (bicyclic) bond motifs is 2. The highest BCUT2D eigenvalue weighted by atomic mass is 35.5. The minimum atomic E-state index is -0.810. The van der Waals surface area contributed by atoms with Gasteiger partial charge in [-0.1, -0.05) is 35.9 Å². The Morgan fingerprint density at radius 2 is 1.88 bits per heavy atom. The van der Waals surface area contributed by atoms with Crippen molar-refractivity contribution in [1.82, 2.24) is 9.88 Å². The lowest BCUT2D eigenvalue weighted by atomic mass is 9.84. The Labute approximate surface area is 240 Å². The lowest BCUT2D eigenvalue weighted by Gasteiger charge is -2.38. The number of esters is 1. The number of nitrogens with zero attached hydrogens (tertiary/aromatic N) is 2. The number of pyridine rings is 1. The second-order valence-electron chi connectivity index (χ2n) is 11.1. The maximum absolute atomic E-state index is 13.2. The van der Waals surface area contributed by atoms with Crippen LogP contribution in [0.5, 0.6) is 11.6 Å². The summed E-state index contributed by atoms with van der Waals surface area (Å²) in [7, 11) is 0. The van der Waals surface area contributed by atoms with Crippen LogP contribution in [0.2, 0.25) is 5.02 Å². The third-order valence-electron chi connectivity index (χ3n) is 8.52. The predicted molar refractivity (Wildman–Crippen MR) is 156 cm³/mol. The lowest BCUT2D eigenvalue weighted by Crippen LogP contribution is -2.42. The summed E-state index contributed by atoms with van der Waals surface area (Å²) < 4.78 is 12.1. The number of halogens is 1. The number of hydrogen-bond acceptors (Lipinski definition) is 6. The summed E-state index contributed by atoms with van der Waals surface area (Å²) in [4.78, 5) is 20.1. The van der Waals surface area contributed by atoms with E-state index in [4.69, 9.17) is 21.1 Å². The second-order valence-corrected chi connectivity index (χ2v) is 11.6. The number of aliphatic hydroxyl groups is 1. The van der Waals surface area contributed by atoms with Crippen molar-refractivity contribution in [3.63, 3.8) is 0 Å². The molecule has 7 heteroatoms. The third-order valence-corrected chi connectivity index (χ3v) is 8.77. The Balaban J connectivity index is 1.17. The number of likely N-dealkylation sites (tertiary alicyclic amines) is 1. The summed E-state index contributed by atoms with van der Waals surface area (Å²) in [5.41, 5.74) is 3.58. The Kier molecular flexibility index (Phi) is 7.92. The Morgan fingerprint density at radius 1 is 1.10 bits per heavy atom. The monoisotopic (exact) mass is 558 g/mol. The lowest BCUT2D eigenvalue weighted by molar-refractivity contribution is -0.0254. The van der Waals surface area contributed by atoms with Crippen LogP contribution < -0.4 is 4.74 Å².